The standard InChI is InChI=1S/C14H24ClN5O/c1-10(2)21-14-18-12(15)17-13(19-14)16-11(3)9-20-7-5-4-6-8-20/h10-11H,4-9H2,1-3H3,(H,16,17,18,19). The lowest BCUT2D eigenvalue weighted by Crippen LogP contribution is -2.38. The molecule has 1 N–H and O–H groups in total. The average Bonchev–Trinajstić information content (AvgIpc) is 2.37. The maximum atomic E-state index is 5.92. The van der Waals surface area contributed by atoms with Crippen LogP contribution < -0.4 is 10.1 Å². The van der Waals surface area contributed by atoms with Crippen LogP contribution in [-0.2, 0) is 0 Å². The van der Waals surface area contributed by atoms with Crippen LogP contribution in [0.25, 0.3) is 0 Å². The first-order chi connectivity index (χ1) is 10.0. The van der Waals surface area contributed by atoms with Crippen molar-refractivity contribution in [2.24, 2.45) is 0 Å². The van der Waals surface area contributed by atoms with E-state index < -0.39 is 0 Å². The molecule has 1 aromatic heterocycles. The molecular formula is C14H24ClN5O. The lowest BCUT2D eigenvalue weighted by atomic mass is 10.1. The molecule has 7 heteroatoms. The minimum absolute atomic E-state index is 0.00194. The van der Waals surface area contributed by atoms with E-state index >= 15 is 0 Å². The molecule has 0 amide bonds. The Hall–Kier alpha value is -1.14. The lowest BCUT2D eigenvalue weighted by molar-refractivity contribution is 0.220. The van der Waals surface area contributed by atoms with Gasteiger partial charge in [0.15, 0.2) is 0 Å². The number of hydrogen-bond acceptors (Lipinski definition) is 6. The molecule has 0 bridgehead atoms. The maximum Gasteiger partial charge on any atom is 0.322 e. The van der Waals surface area contributed by atoms with Gasteiger partial charge >= 0.3 is 6.01 Å². The molecule has 0 radical (unpaired) electrons. The van der Waals surface area contributed by atoms with Crippen molar-refractivity contribution in [2.45, 2.75) is 52.2 Å². The molecule has 21 heavy (non-hydrogen) atoms. The van der Waals surface area contributed by atoms with Crippen LogP contribution >= 0.6 is 11.6 Å². The summed E-state index contributed by atoms with van der Waals surface area (Å²) in [6.07, 6.45) is 3.92. The topological polar surface area (TPSA) is 63.2 Å². The number of nitrogens with one attached hydrogen (secondary N) is 1. The van der Waals surface area contributed by atoms with Gasteiger partial charge in [0.05, 0.1) is 6.10 Å². The molecular weight excluding hydrogens is 290 g/mol. The highest BCUT2D eigenvalue weighted by molar-refractivity contribution is 6.28. The van der Waals surface area contributed by atoms with Crippen LogP contribution in [0.4, 0.5) is 5.95 Å². The molecule has 1 aliphatic heterocycles. The van der Waals surface area contributed by atoms with Gasteiger partial charge in [-0.15, -0.1) is 0 Å². The zero-order valence-electron chi connectivity index (χ0n) is 13.0. The van der Waals surface area contributed by atoms with Crippen molar-refractivity contribution in [3.05, 3.63) is 5.28 Å². The van der Waals surface area contributed by atoms with Crippen molar-refractivity contribution in [3.63, 3.8) is 0 Å². The molecule has 118 valence electrons. The van der Waals surface area contributed by atoms with Crippen LogP contribution in [-0.4, -0.2) is 51.6 Å². The van der Waals surface area contributed by atoms with Crippen LogP contribution in [0.3, 0.4) is 0 Å². The highest BCUT2D eigenvalue weighted by Gasteiger charge is 2.15. The van der Waals surface area contributed by atoms with Gasteiger partial charge in [-0.25, -0.2) is 0 Å². The molecule has 0 saturated carbocycles. The number of halogens is 1. The Bertz CT molecular complexity index is 451. The van der Waals surface area contributed by atoms with Gasteiger partial charge in [-0.1, -0.05) is 6.42 Å². The molecule has 1 fully saturated rings. The quantitative estimate of drug-likeness (QED) is 0.871. The zero-order valence-corrected chi connectivity index (χ0v) is 13.7. The molecule has 6 nitrogen and oxygen atoms in total. The fourth-order valence-electron chi connectivity index (χ4n) is 2.46. The molecule has 1 unspecified atom stereocenters. The van der Waals surface area contributed by atoms with Crippen LogP contribution in [0.5, 0.6) is 6.01 Å². The summed E-state index contributed by atoms with van der Waals surface area (Å²) in [5.74, 6) is 0.468. The van der Waals surface area contributed by atoms with Gasteiger partial charge in [-0.2, -0.15) is 15.0 Å². The third kappa shape index (κ3) is 5.63. The highest BCUT2D eigenvalue weighted by atomic mass is 35.5. The second-order valence-corrected chi connectivity index (χ2v) is 6.12. The second kappa shape index (κ2) is 7.75. The first-order valence-corrected chi connectivity index (χ1v) is 7.98. The third-order valence-electron chi connectivity index (χ3n) is 3.28. The van der Waals surface area contributed by atoms with Crippen LogP contribution in [0.1, 0.15) is 40.0 Å². The summed E-state index contributed by atoms with van der Waals surface area (Å²) in [7, 11) is 0. The molecule has 1 atom stereocenters. The van der Waals surface area contributed by atoms with Gasteiger partial charge in [0.1, 0.15) is 0 Å². The predicted molar refractivity (Wildman–Crippen MR) is 84.0 cm³/mol. The first kappa shape index (κ1) is 16.2. The van der Waals surface area contributed by atoms with Crippen molar-refractivity contribution >= 4 is 17.5 Å². The molecule has 1 saturated heterocycles. The van der Waals surface area contributed by atoms with E-state index in [4.69, 9.17) is 16.3 Å². The van der Waals surface area contributed by atoms with Crippen molar-refractivity contribution in [1.82, 2.24) is 19.9 Å². The van der Waals surface area contributed by atoms with Gasteiger partial charge < -0.3 is 15.0 Å². The predicted octanol–water partition coefficient (Wildman–Crippen LogP) is 2.60. The number of ether oxygens (including phenoxy) is 1. The van der Waals surface area contributed by atoms with Gasteiger partial charge in [-0.05, 0) is 58.3 Å². The Kier molecular flexibility index (Phi) is 5.99. The van der Waals surface area contributed by atoms with Crippen molar-refractivity contribution in [2.75, 3.05) is 25.0 Å². The van der Waals surface area contributed by atoms with Crippen molar-refractivity contribution < 1.29 is 4.74 Å². The number of nitrogens with zero attached hydrogens (tertiary/aromatic N) is 4. The molecule has 2 rings (SSSR count). The van der Waals surface area contributed by atoms with E-state index in [2.05, 4.69) is 32.1 Å². The summed E-state index contributed by atoms with van der Waals surface area (Å²) < 4.78 is 5.47. The Labute approximate surface area is 131 Å². The van der Waals surface area contributed by atoms with Gasteiger partial charge in [0, 0.05) is 12.6 Å². The van der Waals surface area contributed by atoms with E-state index in [1.54, 1.807) is 0 Å². The Morgan fingerprint density at radius 2 is 1.86 bits per heavy atom. The molecule has 1 aromatic rings. The zero-order chi connectivity index (χ0) is 15.2. The van der Waals surface area contributed by atoms with Crippen molar-refractivity contribution in [3.8, 4) is 6.01 Å². The molecule has 0 aromatic carbocycles. The molecule has 1 aliphatic rings. The van der Waals surface area contributed by atoms with E-state index in [9.17, 15) is 0 Å². The fraction of sp³-hybridized carbons (Fsp3) is 0.786. The summed E-state index contributed by atoms with van der Waals surface area (Å²) in [6, 6.07) is 0.506. The minimum atomic E-state index is 0.00194. The number of anilines is 1. The summed E-state index contributed by atoms with van der Waals surface area (Å²) in [5, 5.41) is 3.42. The van der Waals surface area contributed by atoms with E-state index in [0.717, 1.165) is 6.54 Å². The van der Waals surface area contributed by atoms with Crippen LogP contribution in [0.2, 0.25) is 5.28 Å². The first-order valence-electron chi connectivity index (χ1n) is 7.60. The Morgan fingerprint density at radius 1 is 1.14 bits per heavy atom. The lowest BCUT2D eigenvalue weighted by Gasteiger charge is -2.29. The summed E-state index contributed by atoms with van der Waals surface area (Å²) >= 11 is 5.92. The van der Waals surface area contributed by atoms with Crippen LogP contribution in [0.15, 0.2) is 0 Å². The SMILES string of the molecule is CC(CN1CCCCC1)Nc1nc(Cl)nc(OC(C)C)n1. The van der Waals surface area contributed by atoms with Crippen LogP contribution in [0, 0.1) is 0 Å². The van der Waals surface area contributed by atoms with E-state index in [1.807, 2.05) is 13.8 Å². The summed E-state index contributed by atoms with van der Waals surface area (Å²) in [6.45, 7) is 9.28. The Morgan fingerprint density at radius 3 is 2.52 bits per heavy atom. The summed E-state index contributed by atoms with van der Waals surface area (Å²) in [4.78, 5) is 14.8. The minimum Gasteiger partial charge on any atom is -0.461 e. The monoisotopic (exact) mass is 313 g/mol. The third-order valence-corrected chi connectivity index (χ3v) is 3.45. The van der Waals surface area contributed by atoms with E-state index in [1.165, 1.54) is 32.4 Å². The largest absolute Gasteiger partial charge is 0.461 e. The van der Waals surface area contributed by atoms with Gasteiger partial charge in [0.25, 0.3) is 0 Å². The van der Waals surface area contributed by atoms with Gasteiger partial charge in [0.2, 0.25) is 11.2 Å². The summed E-state index contributed by atoms with van der Waals surface area (Å²) in [5.41, 5.74) is 0. The molecule has 0 spiro atoms. The highest BCUT2D eigenvalue weighted by Crippen LogP contribution is 2.14. The maximum absolute atomic E-state index is 5.92. The van der Waals surface area contributed by atoms with E-state index in [0.29, 0.717) is 5.95 Å². The molecule has 2 heterocycles. The van der Waals surface area contributed by atoms with Crippen molar-refractivity contribution in [1.29, 1.82) is 0 Å². The number of rotatable bonds is 6. The number of hydrogen-bond donors (Lipinski definition) is 1. The smallest absolute Gasteiger partial charge is 0.322 e. The van der Waals surface area contributed by atoms with E-state index in [-0.39, 0.29) is 23.4 Å². The Balaban J connectivity index is 1.92. The number of likely N-dealkylation sites (tertiary alicyclic amines) is 1. The number of aromatic nitrogens is 3. The number of piperidine rings is 1. The van der Waals surface area contributed by atoms with Gasteiger partial charge in [-0.3, -0.25) is 0 Å². The molecule has 0 aliphatic carbocycles. The fourth-order valence-corrected chi connectivity index (χ4v) is 2.61. The average molecular weight is 314 g/mol. The normalized spacial score (nSPS) is 17.8. The second-order valence-electron chi connectivity index (χ2n) is 5.78.